The first-order valence-corrected chi connectivity index (χ1v) is 36.7. The molecule has 6 heterocycles. The van der Waals surface area contributed by atoms with E-state index in [1.54, 1.807) is 56.9 Å². The first-order valence-electron chi connectivity index (χ1n) is 34.3. The molecule has 0 fully saturated rings. The average Bonchev–Trinajstić information content (AvgIpc) is 1.56. The Morgan fingerprint density at radius 2 is 0.886 bits per heavy atom. The highest BCUT2D eigenvalue weighted by Gasteiger charge is 2.41. The van der Waals surface area contributed by atoms with Crippen molar-refractivity contribution in [3.63, 3.8) is 0 Å². The molecule has 4 aromatic heterocycles. The number of pyridine rings is 2. The summed E-state index contributed by atoms with van der Waals surface area (Å²) in [6.07, 6.45) is 8.02. The average molecular weight is 1400 g/mol. The second-order valence-electron chi connectivity index (χ2n) is 26.2. The third kappa shape index (κ3) is 10.8. The molecule has 0 saturated carbocycles. The molecule has 2 aliphatic rings. The highest BCUT2D eigenvalue weighted by molar-refractivity contribution is 7.98. The molecule has 17 heteroatoms. The molecule has 497 valence electrons. The Morgan fingerprint density at radius 1 is 0.448 bits per heavy atom. The number of fused-ring (bicyclic) bond motifs is 8. The van der Waals surface area contributed by atoms with Gasteiger partial charge in [0.05, 0.1) is 34.3 Å². The molecule has 1 radical (unpaired) electrons. The van der Waals surface area contributed by atoms with Crippen LogP contribution in [0.15, 0.2) is 299 Å². The summed E-state index contributed by atoms with van der Waals surface area (Å²) in [5, 5.41) is 27.6. The molecule has 2 aliphatic heterocycles. The summed E-state index contributed by atoms with van der Waals surface area (Å²) in [5.74, 6) is 0.673. The van der Waals surface area contributed by atoms with Crippen LogP contribution in [0, 0.1) is 48.1 Å². The normalized spacial score (nSPS) is 12.4. The summed E-state index contributed by atoms with van der Waals surface area (Å²) in [6, 6.07) is 91.6. The Morgan fingerprint density at radius 3 is 1.38 bits per heavy atom. The van der Waals surface area contributed by atoms with Crippen molar-refractivity contribution in [3.05, 3.63) is 324 Å². The third-order valence-electron chi connectivity index (χ3n) is 20.4. The van der Waals surface area contributed by atoms with Crippen molar-refractivity contribution < 1.29 is 22.1 Å². The summed E-state index contributed by atoms with van der Waals surface area (Å²) in [7, 11) is 0.456. The minimum absolute atomic E-state index is 0.253. The van der Waals surface area contributed by atoms with Gasteiger partial charge in [-0.3, -0.25) is 13.3 Å². The van der Waals surface area contributed by atoms with Crippen molar-refractivity contribution in [3.8, 4) is 56.6 Å². The van der Waals surface area contributed by atoms with Crippen LogP contribution in [0.4, 0.5) is 58.9 Å². The van der Waals surface area contributed by atoms with Crippen molar-refractivity contribution >= 4 is 139 Å². The first kappa shape index (κ1) is 64.4. The first-order chi connectivity index (χ1) is 51.4. The highest BCUT2D eigenvalue weighted by atomic mass is 32.2. The van der Waals surface area contributed by atoms with Gasteiger partial charge in [-0.15, -0.1) is 23.5 Å². The maximum Gasteiger partial charge on any atom is 0.727 e. The summed E-state index contributed by atoms with van der Waals surface area (Å²) in [5.41, 5.74) is 18.2. The molecule has 0 atom stereocenters. The van der Waals surface area contributed by atoms with Crippen LogP contribution in [0.1, 0.15) is 22.3 Å². The van der Waals surface area contributed by atoms with E-state index in [1.807, 2.05) is 147 Å². The van der Waals surface area contributed by atoms with E-state index in [2.05, 4.69) is 160 Å². The van der Waals surface area contributed by atoms with Crippen LogP contribution in [-0.2, 0) is 0 Å². The molecule has 0 saturated heterocycles. The zero-order valence-electron chi connectivity index (χ0n) is 57.1. The number of halogens is 3. The second kappa shape index (κ2) is 26.0. The van der Waals surface area contributed by atoms with Crippen LogP contribution < -0.4 is 29.7 Å². The molecule has 0 aliphatic carbocycles. The predicted molar refractivity (Wildman–Crippen MR) is 421 cm³/mol. The molecule has 12 aromatic carbocycles. The fraction of sp³-hybridized carbons (Fsp3) is 0.0455. The lowest BCUT2D eigenvalue weighted by Crippen LogP contribution is -2.58. The SMILES string of the molecule is CSc1ccc(N(c2ccc(-c3ccc4[n+](c3)[B]n3c(c5cccc6c(-c7ccccc7F)ccc3c65)=N4)cc2)c2ccc(/C(C#N)=C(\C#N)c3ccc(N(c4ccc(SC)cc4)c4ccc(-c5ccc6[n+](c5)B(F)n5c(c7cccc8c(-c9ccccc9F)ccc5c87)=N6)cc4)c(C)c3)cc2C)cc1. The Balaban J connectivity index is 0.630. The molecule has 16 aromatic rings. The number of rotatable bonds is 14. The molecule has 10 nitrogen and oxygen atoms in total. The quantitative estimate of drug-likeness (QED) is 0.0466. The molecule has 0 spiro atoms. The third-order valence-corrected chi connectivity index (χ3v) is 21.8. The molecular formula is C88H58B2F3N10S2+2. The standard InChI is InChI=1S/C88H58B2F3N10S2/c1-53-47-57(23-41-79(53)100(63-31-35-65(104-3)36-32-63)61-27-19-55(20-28-61)59-25-45-83-96-87-73-15-9-13-71-67(69-11-5-7-17-77(69)91)39-43-81(85(71)73)102(87)89-98(83)51-59)75(49-94)76(50-95)58-24-42-80(54(2)48-58)101(64-33-37-66(105-4)38-34-64)62-29-21-56(22-30-62)60-26-46-84-97-88-74-16-10-14-72-68(70-12-6-8-18-78(70)92)40-44-82(86(72)74)103(88)90(93)99(84)52-60/h5-48,51-52H,1-4H3/q+2/b76-75+. The topological polar surface area (TPSA) is 96.4 Å². The zero-order valence-corrected chi connectivity index (χ0v) is 58.8. The molecule has 105 heavy (non-hydrogen) atoms. The molecule has 0 unspecified atom stereocenters. The number of hydrogen-bond donors (Lipinski definition) is 0. The van der Waals surface area contributed by atoms with Crippen molar-refractivity contribution in [1.82, 2.24) is 8.96 Å². The van der Waals surface area contributed by atoms with Crippen molar-refractivity contribution in [1.29, 1.82) is 10.5 Å². The Labute approximate surface area is 612 Å². The lowest BCUT2D eigenvalue weighted by atomic mass is 9.93. The lowest BCUT2D eigenvalue weighted by Gasteiger charge is -2.28. The Kier molecular flexibility index (Phi) is 16.0. The Hall–Kier alpha value is -12.7. The van der Waals surface area contributed by atoms with Gasteiger partial charge in [0, 0.05) is 100 Å². The van der Waals surface area contributed by atoms with E-state index in [9.17, 15) is 10.5 Å². The fourth-order valence-corrected chi connectivity index (χ4v) is 16.1. The van der Waals surface area contributed by atoms with E-state index in [-0.39, 0.29) is 22.8 Å². The van der Waals surface area contributed by atoms with Gasteiger partial charge >= 0.3 is 26.4 Å². The van der Waals surface area contributed by atoms with Crippen LogP contribution in [0.5, 0.6) is 0 Å². The second-order valence-corrected chi connectivity index (χ2v) is 28.0. The fourth-order valence-electron chi connectivity index (χ4n) is 15.3. The summed E-state index contributed by atoms with van der Waals surface area (Å²) in [4.78, 5) is 16.9. The number of aryl methyl sites for hydroxylation is 2. The molecule has 0 N–H and O–H groups in total. The van der Waals surface area contributed by atoms with Gasteiger partial charge in [-0.1, -0.05) is 109 Å². The number of hydrogen-bond acceptors (Lipinski definition) is 8. The number of benzene rings is 12. The molecule has 0 bridgehead atoms. The van der Waals surface area contributed by atoms with E-state index in [1.165, 1.54) is 12.1 Å². The van der Waals surface area contributed by atoms with Crippen molar-refractivity contribution in [2.45, 2.75) is 23.6 Å². The number of thioether (sulfide) groups is 2. The van der Waals surface area contributed by atoms with E-state index < -0.39 is 7.26 Å². The number of anilines is 6. The van der Waals surface area contributed by atoms with Crippen LogP contribution in [-0.4, -0.2) is 36.3 Å². The smallest absolute Gasteiger partial charge is 0.310 e. The van der Waals surface area contributed by atoms with E-state index >= 15 is 13.1 Å². The van der Waals surface area contributed by atoms with E-state index in [0.29, 0.717) is 39.1 Å². The Bertz CT molecular complexity index is 6520. The van der Waals surface area contributed by atoms with Crippen LogP contribution >= 0.6 is 23.5 Å². The van der Waals surface area contributed by atoms with E-state index in [0.717, 1.165) is 138 Å². The lowest BCUT2D eigenvalue weighted by molar-refractivity contribution is -0.535. The van der Waals surface area contributed by atoms with Crippen LogP contribution in [0.25, 0.3) is 99.0 Å². The van der Waals surface area contributed by atoms with E-state index in [4.69, 9.17) is 9.98 Å². The van der Waals surface area contributed by atoms with Gasteiger partial charge in [0.2, 0.25) is 11.0 Å². The molecule has 0 amide bonds. The minimum atomic E-state index is -1.62. The van der Waals surface area contributed by atoms with Gasteiger partial charge in [0.25, 0.3) is 0 Å². The summed E-state index contributed by atoms with van der Waals surface area (Å²) in [6.45, 7) is 4.06. The molecule has 18 rings (SSSR count). The summed E-state index contributed by atoms with van der Waals surface area (Å²) >= 11 is 3.34. The van der Waals surface area contributed by atoms with Crippen molar-refractivity contribution in [2.75, 3.05) is 22.3 Å². The number of allylic oxidation sites excluding steroid dienone is 2. The molecular weight excluding hydrogens is 1340 g/mol. The zero-order chi connectivity index (χ0) is 71.3. The van der Waals surface area contributed by atoms with Crippen LogP contribution in [0.2, 0.25) is 0 Å². The summed E-state index contributed by atoms with van der Waals surface area (Å²) < 4.78 is 55.1. The van der Waals surface area contributed by atoms with Gasteiger partial charge in [-0.25, -0.2) is 13.3 Å². The largest absolute Gasteiger partial charge is 0.727 e. The van der Waals surface area contributed by atoms with Gasteiger partial charge in [-0.2, -0.15) is 10.5 Å². The van der Waals surface area contributed by atoms with Crippen molar-refractivity contribution in [2.24, 2.45) is 9.98 Å². The monoisotopic (exact) mass is 1400 g/mol. The van der Waals surface area contributed by atoms with Crippen LogP contribution in [0.3, 0.4) is 0 Å². The van der Waals surface area contributed by atoms with Gasteiger partial charge in [0.15, 0.2) is 0 Å². The number of nitriles is 2. The number of nitrogens with zero attached hydrogens (tertiary/aromatic N) is 10. The predicted octanol–water partition coefficient (Wildman–Crippen LogP) is 20.6. The minimum Gasteiger partial charge on any atom is -0.310 e. The maximum atomic E-state index is 17.3. The van der Waals surface area contributed by atoms with Gasteiger partial charge < -0.3 is 14.3 Å². The highest BCUT2D eigenvalue weighted by Crippen LogP contribution is 2.44. The van der Waals surface area contributed by atoms with Gasteiger partial charge in [0.1, 0.15) is 23.8 Å². The van der Waals surface area contributed by atoms with Gasteiger partial charge in [-0.05, 0) is 237 Å². The maximum absolute atomic E-state index is 17.3. The number of aromatic nitrogens is 4.